The van der Waals surface area contributed by atoms with Gasteiger partial charge in [0.1, 0.15) is 5.03 Å². The number of nitrogens with zero attached hydrogens (tertiary/aromatic N) is 4. The first-order valence-corrected chi connectivity index (χ1v) is 9.70. The Labute approximate surface area is 144 Å². The number of hydrogen-bond donors (Lipinski definition) is 0. The lowest BCUT2D eigenvalue weighted by molar-refractivity contribution is -0.159. The van der Waals surface area contributed by atoms with Crippen LogP contribution in [0, 0.1) is 0 Å². The highest BCUT2D eigenvalue weighted by Gasteiger charge is 2.38. The Hall–Kier alpha value is -2.27. The fourth-order valence-corrected chi connectivity index (χ4v) is 4.16. The van der Waals surface area contributed by atoms with E-state index in [0.717, 1.165) is 0 Å². The fourth-order valence-electron chi connectivity index (χ4n) is 1.93. The standard InChI is InChI=1S/C14H11F3N4O2S2/c1-25(22,12-7-24-8-18-12)21-10-4-2-9(3-5-10)6-11-19-13(23-20-11)14(15,16)17/h2-5,7-8H,6H2,1H3. The van der Waals surface area contributed by atoms with E-state index >= 15 is 0 Å². The summed E-state index contributed by atoms with van der Waals surface area (Å²) in [6, 6.07) is 6.54. The number of halogens is 3. The molecule has 25 heavy (non-hydrogen) atoms. The average molecular weight is 388 g/mol. The van der Waals surface area contributed by atoms with Crippen molar-refractivity contribution in [2.24, 2.45) is 4.36 Å². The van der Waals surface area contributed by atoms with Crippen LogP contribution in [-0.4, -0.2) is 25.6 Å². The number of rotatable bonds is 4. The maximum atomic E-state index is 12.5. The SMILES string of the molecule is CS(=O)(=Nc1ccc(Cc2noc(C(F)(F)F)n2)cc1)c1cscn1. The zero-order valence-corrected chi connectivity index (χ0v) is 14.4. The molecule has 0 aliphatic heterocycles. The molecular formula is C14H11F3N4O2S2. The van der Waals surface area contributed by atoms with Crippen LogP contribution in [0.1, 0.15) is 17.3 Å². The molecule has 0 amide bonds. The second-order valence-corrected chi connectivity index (χ2v) is 8.00. The molecule has 0 N–H and O–H groups in total. The molecule has 0 bridgehead atoms. The molecule has 0 aliphatic rings. The van der Waals surface area contributed by atoms with Gasteiger partial charge in [-0.15, -0.1) is 11.3 Å². The van der Waals surface area contributed by atoms with Crippen LogP contribution < -0.4 is 0 Å². The van der Waals surface area contributed by atoms with Crippen LogP contribution in [0.5, 0.6) is 0 Å². The molecule has 0 saturated heterocycles. The van der Waals surface area contributed by atoms with E-state index in [1.54, 1.807) is 35.2 Å². The summed E-state index contributed by atoms with van der Waals surface area (Å²) in [7, 11) is -2.65. The third-order valence-electron chi connectivity index (χ3n) is 3.09. The van der Waals surface area contributed by atoms with Crippen molar-refractivity contribution in [3.63, 3.8) is 0 Å². The Morgan fingerprint density at radius 3 is 2.56 bits per heavy atom. The Bertz CT molecular complexity index is 972. The van der Waals surface area contributed by atoms with Crippen LogP contribution >= 0.6 is 11.3 Å². The summed E-state index contributed by atoms with van der Waals surface area (Å²) in [6.07, 6.45) is -3.09. The first-order valence-electron chi connectivity index (χ1n) is 6.83. The molecule has 11 heteroatoms. The zero-order valence-electron chi connectivity index (χ0n) is 12.7. The molecule has 2 aromatic heterocycles. The van der Waals surface area contributed by atoms with Gasteiger partial charge in [-0.05, 0) is 17.7 Å². The van der Waals surface area contributed by atoms with E-state index in [1.807, 2.05) is 0 Å². The van der Waals surface area contributed by atoms with Crippen LogP contribution in [-0.2, 0) is 22.3 Å². The molecule has 0 radical (unpaired) electrons. The third kappa shape index (κ3) is 4.23. The van der Waals surface area contributed by atoms with Gasteiger partial charge >= 0.3 is 12.1 Å². The van der Waals surface area contributed by atoms with Gasteiger partial charge in [0, 0.05) is 18.1 Å². The lowest BCUT2D eigenvalue weighted by Gasteiger charge is -2.02. The van der Waals surface area contributed by atoms with Crippen molar-refractivity contribution >= 4 is 26.8 Å². The van der Waals surface area contributed by atoms with Gasteiger partial charge in [-0.3, -0.25) is 0 Å². The Morgan fingerprint density at radius 2 is 2.00 bits per heavy atom. The van der Waals surface area contributed by atoms with Crippen LogP contribution in [0.3, 0.4) is 0 Å². The minimum Gasteiger partial charge on any atom is -0.329 e. The maximum absolute atomic E-state index is 12.5. The molecule has 1 atom stereocenters. The van der Waals surface area contributed by atoms with E-state index < -0.39 is 21.8 Å². The molecule has 3 aromatic rings. The number of hydrogen-bond acceptors (Lipinski definition) is 7. The highest BCUT2D eigenvalue weighted by Crippen LogP contribution is 2.27. The summed E-state index contributed by atoms with van der Waals surface area (Å²) in [5.74, 6) is -1.44. The second kappa shape index (κ2) is 6.56. The molecule has 0 spiro atoms. The number of aromatic nitrogens is 3. The van der Waals surface area contributed by atoms with Crippen LogP contribution in [0.4, 0.5) is 18.9 Å². The Kier molecular flexibility index (Phi) is 4.60. The zero-order chi connectivity index (χ0) is 18.1. The molecule has 6 nitrogen and oxygen atoms in total. The summed E-state index contributed by atoms with van der Waals surface area (Å²) < 4.78 is 58.2. The minimum atomic E-state index is -4.66. The van der Waals surface area contributed by atoms with Gasteiger partial charge < -0.3 is 4.52 Å². The molecule has 3 rings (SSSR count). The summed E-state index contributed by atoms with van der Waals surface area (Å²) in [6.45, 7) is 0. The maximum Gasteiger partial charge on any atom is 0.471 e. The normalized spacial score (nSPS) is 14.2. The number of alkyl halides is 3. The largest absolute Gasteiger partial charge is 0.471 e. The van der Waals surface area contributed by atoms with E-state index in [-0.39, 0.29) is 12.2 Å². The van der Waals surface area contributed by atoms with Crippen LogP contribution in [0.25, 0.3) is 0 Å². The average Bonchev–Trinajstić information content (AvgIpc) is 3.19. The first kappa shape index (κ1) is 17.5. The summed E-state index contributed by atoms with van der Waals surface area (Å²) in [4.78, 5) is 7.32. The monoisotopic (exact) mass is 388 g/mol. The van der Waals surface area contributed by atoms with E-state index in [1.165, 1.54) is 17.6 Å². The molecule has 1 unspecified atom stereocenters. The predicted octanol–water partition coefficient (Wildman–Crippen LogP) is 3.92. The van der Waals surface area contributed by atoms with E-state index in [9.17, 15) is 17.4 Å². The van der Waals surface area contributed by atoms with Crippen molar-refractivity contribution in [1.82, 2.24) is 15.1 Å². The van der Waals surface area contributed by atoms with E-state index in [0.29, 0.717) is 16.3 Å². The fraction of sp³-hybridized carbons (Fsp3) is 0.214. The van der Waals surface area contributed by atoms with Crippen LogP contribution in [0.2, 0.25) is 0 Å². The first-order chi connectivity index (χ1) is 11.7. The molecule has 0 fully saturated rings. The van der Waals surface area contributed by atoms with Crippen molar-refractivity contribution in [2.45, 2.75) is 17.6 Å². The van der Waals surface area contributed by atoms with Crippen molar-refractivity contribution in [2.75, 3.05) is 6.26 Å². The molecule has 0 saturated carbocycles. The highest BCUT2D eigenvalue weighted by atomic mass is 32.2. The van der Waals surface area contributed by atoms with Gasteiger partial charge in [0.25, 0.3) is 0 Å². The highest BCUT2D eigenvalue weighted by molar-refractivity contribution is 7.93. The van der Waals surface area contributed by atoms with Crippen LogP contribution in [0.15, 0.2) is 49.1 Å². The molecule has 2 heterocycles. The molecule has 1 aromatic carbocycles. The summed E-state index contributed by atoms with van der Waals surface area (Å²) in [5, 5.41) is 5.40. The molecule has 132 valence electrons. The quantitative estimate of drug-likeness (QED) is 0.677. The topological polar surface area (TPSA) is 81.2 Å². The number of benzene rings is 1. The third-order valence-corrected chi connectivity index (χ3v) is 5.38. The van der Waals surface area contributed by atoms with E-state index in [4.69, 9.17) is 0 Å². The Morgan fingerprint density at radius 1 is 1.28 bits per heavy atom. The van der Waals surface area contributed by atoms with Crippen molar-refractivity contribution in [3.05, 3.63) is 52.4 Å². The smallest absolute Gasteiger partial charge is 0.329 e. The summed E-state index contributed by atoms with van der Waals surface area (Å²) in [5.41, 5.74) is 2.73. The van der Waals surface area contributed by atoms with Gasteiger partial charge in [0.05, 0.1) is 20.9 Å². The summed E-state index contributed by atoms with van der Waals surface area (Å²) >= 11 is 1.33. The lowest BCUT2D eigenvalue weighted by atomic mass is 10.1. The predicted molar refractivity (Wildman–Crippen MR) is 85.1 cm³/mol. The van der Waals surface area contributed by atoms with Gasteiger partial charge in [0.15, 0.2) is 5.82 Å². The van der Waals surface area contributed by atoms with Gasteiger partial charge in [-0.2, -0.15) is 22.5 Å². The van der Waals surface area contributed by atoms with Crippen molar-refractivity contribution in [3.8, 4) is 0 Å². The lowest BCUT2D eigenvalue weighted by Crippen LogP contribution is -2.05. The van der Waals surface area contributed by atoms with Gasteiger partial charge in [-0.1, -0.05) is 17.3 Å². The molecule has 0 aliphatic carbocycles. The van der Waals surface area contributed by atoms with Gasteiger partial charge in [0.2, 0.25) is 0 Å². The van der Waals surface area contributed by atoms with Gasteiger partial charge in [-0.25, -0.2) is 9.19 Å². The molecular weight excluding hydrogens is 377 g/mol. The number of thiazole rings is 1. The second-order valence-electron chi connectivity index (χ2n) is 5.08. The van der Waals surface area contributed by atoms with Crippen molar-refractivity contribution < 1.29 is 21.9 Å². The Balaban J connectivity index is 1.77. The minimum absolute atomic E-state index is 0.0706. The van der Waals surface area contributed by atoms with Crippen molar-refractivity contribution in [1.29, 1.82) is 0 Å². The van der Waals surface area contributed by atoms with E-state index in [2.05, 4.69) is 24.0 Å².